The van der Waals surface area contributed by atoms with E-state index in [2.05, 4.69) is 20.5 Å². The number of nitrogens with two attached hydrogens (primary N) is 1. The normalized spacial score (nSPS) is 11.0. The molecule has 7 heteroatoms. The van der Waals surface area contributed by atoms with Crippen molar-refractivity contribution in [2.45, 2.75) is 13.5 Å². The largest absolute Gasteiger partial charge is 0.396 e. The van der Waals surface area contributed by atoms with Gasteiger partial charge in [-0.3, -0.25) is 4.68 Å². The summed E-state index contributed by atoms with van der Waals surface area (Å²) in [5, 5.41) is 11.7. The lowest BCUT2D eigenvalue weighted by atomic mass is 10.3. The Kier molecular flexibility index (Phi) is 2.79. The minimum Gasteiger partial charge on any atom is -0.396 e. The Balaban J connectivity index is 1.73. The molecule has 0 radical (unpaired) electrons. The second kappa shape index (κ2) is 4.60. The number of nitrogens with one attached hydrogen (secondary N) is 1. The standard InChI is InChI=1S/C12H15N7/c1-9-4-11(19-12(5-9)15-8-17-19)14-2-3-18-7-10(13)6-16-18/h4-8,14H,2-3,13H2,1H3. The van der Waals surface area contributed by atoms with Crippen LogP contribution in [0.25, 0.3) is 5.65 Å². The van der Waals surface area contributed by atoms with E-state index >= 15 is 0 Å². The smallest absolute Gasteiger partial charge is 0.157 e. The van der Waals surface area contributed by atoms with Crippen LogP contribution in [0, 0.1) is 6.92 Å². The van der Waals surface area contributed by atoms with Gasteiger partial charge in [0.2, 0.25) is 0 Å². The van der Waals surface area contributed by atoms with E-state index in [-0.39, 0.29) is 0 Å². The first-order chi connectivity index (χ1) is 9.22. The lowest BCUT2D eigenvalue weighted by Crippen LogP contribution is -2.13. The molecule has 3 heterocycles. The van der Waals surface area contributed by atoms with Gasteiger partial charge < -0.3 is 11.1 Å². The summed E-state index contributed by atoms with van der Waals surface area (Å²) in [7, 11) is 0. The maximum absolute atomic E-state index is 5.62. The minimum absolute atomic E-state index is 0.675. The quantitative estimate of drug-likeness (QED) is 0.726. The molecule has 0 aliphatic rings. The predicted octanol–water partition coefficient (Wildman–Crippen LogP) is 0.929. The van der Waals surface area contributed by atoms with Gasteiger partial charge >= 0.3 is 0 Å². The van der Waals surface area contributed by atoms with Crippen LogP contribution < -0.4 is 11.1 Å². The molecule has 3 aromatic rings. The van der Waals surface area contributed by atoms with Gasteiger partial charge in [-0.2, -0.15) is 14.7 Å². The summed E-state index contributed by atoms with van der Waals surface area (Å²) in [5.74, 6) is 0.924. The van der Waals surface area contributed by atoms with Gasteiger partial charge in [0.05, 0.1) is 18.4 Å². The van der Waals surface area contributed by atoms with Crippen molar-refractivity contribution in [1.82, 2.24) is 24.4 Å². The number of aryl methyl sites for hydroxylation is 1. The maximum Gasteiger partial charge on any atom is 0.157 e. The Morgan fingerprint density at radius 1 is 1.32 bits per heavy atom. The molecule has 0 spiro atoms. The lowest BCUT2D eigenvalue weighted by Gasteiger charge is -2.09. The molecule has 0 aromatic carbocycles. The SMILES string of the molecule is Cc1cc(NCCn2cc(N)cn2)n2ncnc2c1. The van der Waals surface area contributed by atoms with Crippen molar-refractivity contribution >= 4 is 17.2 Å². The second-order valence-electron chi connectivity index (χ2n) is 4.41. The molecule has 0 saturated carbocycles. The van der Waals surface area contributed by atoms with Gasteiger partial charge in [-0.25, -0.2) is 4.98 Å². The molecule has 0 bridgehead atoms. The molecule has 3 aromatic heterocycles. The number of nitrogen functional groups attached to an aromatic ring is 1. The first-order valence-electron chi connectivity index (χ1n) is 6.04. The van der Waals surface area contributed by atoms with Crippen LogP contribution in [0.5, 0.6) is 0 Å². The number of nitrogens with zero attached hydrogens (tertiary/aromatic N) is 5. The van der Waals surface area contributed by atoms with Crippen molar-refractivity contribution in [3.8, 4) is 0 Å². The summed E-state index contributed by atoms with van der Waals surface area (Å²) in [6, 6.07) is 4.03. The number of anilines is 2. The molecule has 0 fully saturated rings. The van der Waals surface area contributed by atoms with Crippen molar-refractivity contribution in [3.05, 3.63) is 36.4 Å². The summed E-state index contributed by atoms with van der Waals surface area (Å²) in [5.41, 5.74) is 8.27. The van der Waals surface area contributed by atoms with Crippen LogP contribution in [-0.4, -0.2) is 30.9 Å². The fraction of sp³-hybridized carbons (Fsp3) is 0.250. The highest BCUT2D eigenvalue weighted by Gasteiger charge is 2.03. The van der Waals surface area contributed by atoms with E-state index in [0.717, 1.165) is 30.1 Å². The Labute approximate surface area is 110 Å². The molecule has 19 heavy (non-hydrogen) atoms. The van der Waals surface area contributed by atoms with Gasteiger partial charge in [0.1, 0.15) is 12.1 Å². The average Bonchev–Trinajstić information content (AvgIpc) is 2.98. The van der Waals surface area contributed by atoms with Crippen molar-refractivity contribution in [3.63, 3.8) is 0 Å². The van der Waals surface area contributed by atoms with E-state index in [9.17, 15) is 0 Å². The topological polar surface area (TPSA) is 86.1 Å². The van der Waals surface area contributed by atoms with Gasteiger partial charge in [-0.05, 0) is 24.6 Å². The van der Waals surface area contributed by atoms with Crippen LogP contribution in [0.15, 0.2) is 30.9 Å². The number of pyridine rings is 1. The van der Waals surface area contributed by atoms with Crippen LogP contribution in [0.2, 0.25) is 0 Å². The second-order valence-corrected chi connectivity index (χ2v) is 4.41. The summed E-state index contributed by atoms with van der Waals surface area (Å²) in [4.78, 5) is 4.19. The maximum atomic E-state index is 5.62. The molecule has 0 aliphatic carbocycles. The predicted molar refractivity (Wildman–Crippen MR) is 72.9 cm³/mol. The summed E-state index contributed by atoms with van der Waals surface area (Å²) < 4.78 is 3.58. The number of hydrogen-bond donors (Lipinski definition) is 2. The molecule has 0 amide bonds. The first-order valence-corrected chi connectivity index (χ1v) is 6.04. The van der Waals surface area contributed by atoms with Gasteiger partial charge in [-0.15, -0.1) is 0 Å². The Morgan fingerprint density at radius 2 is 2.21 bits per heavy atom. The fourth-order valence-corrected chi connectivity index (χ4v) is 1.98. The van der Waals surface area contributed by atoms with E-state index in [1.54, 1.807) is 21.7 Å². The third kappa shape index (κ3) is 2.35. The van der Waals surface area contributed by atoms with Crippen LogP contribution in [0.1, 0.15) is 5.56 Å². The molecule has 3 N–H and O–H groups in total. The number of rotatable bonds is 4. The zero-order chi connectivity index (χ0) is 13.2. The van der Waals surface area contributed by atoms with E-state index in [4.69, 9.17) is 5.73 Å². The van der Waals surface area contributed by atoms with Crippen LogP contribution >= 0.6 is 0 Å². The number of aromatic nitrogens is 5. The molecular weight excluding hydrogens is 242 g/mol. The highest BCUT2D eigenvalue weighted by atomic mass is 15.3. The average molecular weight is 257 g/mol. The molecule has 3 rings (SSSR count). The highest BCUT2D eigenvalue weighted by Crippen LogP contribution is 2.12. The highest BCUT2D eigenvalue weighted by molar-refractivity contribution is 5.51. The van der Waals surface area contributed by atoms with E-state index < -0.39 is 0 Å². The van der Waals surface area contributed by atoms with Gasteiger partial charge in [0.25, 0.3) is 0 Å². The van der Waals surface area contributed by atoms with E-state index in [1.165, 1.54) is 0 Å². The van der Waals surface area contributed by atoms with Gasteiger partial charge in [0, 0.05) is 12.7 Å². The molecule has 0 atom stereocenters. The Hall–Kier alpha value is -2.57. The zero-order valence-electron chi connectivity index (χ0n) is 10.6. The minimum atomic E-state index is 0.675. The van der Waals surface area contributed by atoms with E-state index in [0.29, 0.717) is 5.69 Å². The monoisotopic (exact) mass is 257 g/mol. The molecule has 0 aliphatic heterocycles. The number of hydrogen-bond acceptors (Lipinski definition) is 5. The zero-order valence-corrected chi connectivity index (χ0v) is 10.6. The molecule has 7 nitrogen and oxygen atoms in total. The molecular formula is C12H15N7. The Bertz CT molecular complexity index is 697. The van der Waals surface area contributed by atoms with Crippen LogP contribution in [0.3, 0.4) is 0 Å². The van der Waals surface area contributed by atoms with Crippen molar-refractivity contribution in [2.24, 2.45) is 0 Å². The van der Waals surface area contributed by atoms with Crippen LogP contribution in [0.4, 0.5) is 11.5 Å². The molecule has 0 unspecified atom stereocenters. The molecule has 98 valence electrons. The van der Waals surface area contributed by atoms with Gasteiger partial charge in [-0.1, -0.05) is 0 Å². The third-order valence-corrected chi connectivity index (χ3v) is 2.82. The van der Waals surface area contributed by atoms with Crippen molar-refractivity contribution in [2.75, 3.05) is 17.6 Å². The fourth-order valence-electron chi connectivity index (χ4n) is 1.98. The summed E-state index contributed by atoms with van der Waals surface area (Å²) in [6.07, 6.45) is 5.00. The van der Waals surface area contributed by atoms with E-state index in [1.807, 2.05) is 25.3 Å². The van der Waals surface area contributed by atoms with Crippen LogP contribution in [-0.2, 0) is 6.54 Å². The summed E-state index contributed by atoms with van der Waals surface area (Å²) in [6.45, 7) is 3.51. The van der Waals surface area contributed by atoms with Crippen molar-refractivity contribution in [1.29, 1.82) is 0 Å². The first kappa shape index (κ1) is 11.5. The third-order valence-electron chi connectivity index (χ3n) is 2.82. The summed E-state index contributed by atoms with van der Waals surface area (Å²) >= 11 is 0. The lowest BCUT2D eigenvalue weighted by molar-refractivity contribution is 0.636. The molecule has 0 saturated heterocycles. The van der Waals surface area contributed by atoms with Gasteiger partial charge in [0.15, 0.2) is 5.65 Å². The number of fused-ring (bicyclic) bond motifs is 1. The Morgan fingerprint density at radius 3 is 3.00 bits per heavy atom. The van der Waals surface area contributed by atoms with Crippen molar-refractivity contribution < 1.29 is 0 Å².